The highest BCUT2D eigenvalue weighted by Gasteiger charge is 2.24. The number of nitrogens with zero attached hydrogens (tertiary/aromatic N) is 2. The topological polar surface area (TPSA) is 26.7 Å². The van der Waals surface area contributed by atoms with Gasteiger partial charge in [-0.3, -0.25) is 0 Å². The highest BCUT2D eigenvalue weighted by atomic mass is 16.3. The molecule has 2 rings (SSSR count). The monoisotopic (exact) mass is 220 g/mol. The van der Waals surface area contributed by atoms with Gasteiger partial charge in [-0.25, -0.2) is 0 Å². The number of hydrogen-bond acceptors (Lipinski definition) is 3. The van der Waals surface area contributed by atoms with Crippen molar-refractivity contribution in [2.45, 2.75) is 13.0 Å². The predicted octanol–water partition coefficient (Wildman–Crippen LogP) is 1.11. The van der Waals surface area contributed by atoms with Crippen molar-refractivity contribution in [1.29, 1.82) is 0 Å². The van der Waals surface area contributed by atoms with E-state index in [9.17, 15) is 5.11 Å². The van der Waals surface area contributed by atoms with Gasteiger partial charge in [0, 0.05) is 25.3 Å². The zero-order chi connectivity index (χ0) is 11.5. The van der Waals surface area contributed by atoms with Crippen LogP contribution in [0, 0.1) is 6.92 Å². The predicted molar refractivity (Wildman–Crippen MR) is 66.9 cm³/mol. The van der Waals surface area contributed by atoms with Gasteiger partial charge >= 0.3 is 0 Å². The molecule has 16 heavy (non-hydrogen) atoms. The lowest BCUT2D eigenvalue weighted by Gasteiger charge is -2.40. The average Bonchev–Trinajstić information content (AvgIpc) is 2.28. The fourth-order valence-corrected chi connectivity index (χ4v) is 2.31. The number of rotatable bonds is 2. The minimum Gasteiger partial charge on any atom is -0.394 e. The molecule has 1 fully saturated rings. The van der Waals surface area contributed by atoms with Gasteiger partial charge in [-0.1, -0.05) is 12.1 Å². The van der Waals surface area contributed by atoms with Gasteiger partial charge in [0.15, 0.2) is 0 Å². The van der Waals surface area contributed by atoms with Crippen LogP contribution in [0.4, 0.5) is 5.69 Å². The maximum absolute atomic E-state index is 9.44. The zero-order valence-electron chi connectivity index (χ0n) is 10.1. The molecule has 3 heteroatoms. The standard InChI is InChI=1S/C13H20N2O/c1-11-4-3-5-12(8-11)15-7-6-14(2)9-13(15)10-16/h3-5,8,13,16H,6-7,9-10H2,1-2H3. The molecule has 0 amide bonds. The third-order valence-electron chi connectivity index (χ3n) is 3.23. The molecule has 3 nitrogen and oxygen atoms in total. The number of aliphatic hydroxyl groups excluding tert-OH is 1. The van der Waals surface area contributed by atoms with Gasteiger partial charge in [0.25, 0.3) is 0 Å². The fraction of sp³-hybridized carbons (Fsp3) is 0.538. The third-order valence-corrected chi connectivity index (χ3v) is 3.23. The molecule has 1 aliphatic heterocycles. The third kappa shape index (κ3) is 2.36. The highest BCUT2D eigenvalue weighted by Crippen LogP contribution is 2.21. The van der Waals surface area contributed by atoms with Gasteiger partial charge in [-0.05, 0) is 31.7 Å². The second kappa shape index (κ2) is 4.85. The Bertz CT molecular complexity index is 354. The van der Waals surface area contributed by atoms with Crippen molar-refractivity contribution >= 4 is 5.69 Å². The van der Waals surface area contributed by atoms with E-state index in [0.29, 0.717) is 0 Å². The Hall–Kier alpha value is -1.06. The summed E-state index contributed by atoms with van der Waals surface area (Å²) in [5, 5.41) is 9.44. The number of hydrogen-bond donors (Lipinski definition) is 1. The molecule has 0 saturated carbocycles. The summed E-state index contributed by atoms with van der Waals surface area (Å²) in [6, 6.07) is 8.72. The molecule has 1 heterocycles. The zero-order valence-corrected chi connectivity index (χ0v) is 10.1. The van der Waals surface area contributed by atoms with Crippen LogP contribution < -0.4 is 4.90 Å². The maximum atomic E-state index is 9.44. The molecule has 0 radical (unpaired) electrons. The Morgan fingerprint density at radius 1 is 1.38 bits per heavy atom. The molecular formula is C13H20N2O. The van der Waals surface area contributed by atoms with Gasteiger partial charge in [-0.2, -0.15) is 0 Å². The van der Waals surface area contributed by atoms with Crippen molar-refractivity contribution in [2.75, 3.05) is 38.2 Å². The molecule has 1 atom stereocenters. The summed E-state index contributed by atoms with van der Waals surface area (Å²) in [5.74, 6) is 0. The Balaban J connectivity index is 2.19. The van der Waals surface area contributed by atoms with E-state index in [-0.39, 0.29) is 12.6 Å². The fourth-order valence-electron chi connectivity index (χ4n) is 2.31. The van der Waals surface area contributed by atoms with Crippen molar-refractivity contribution in [3.05, 3.63) is 29.8 Å². The molecule has 1 N–H and O–H groups in total. The lowest BCUT2D eigenvalue weighted by molar-refractivity contribution is 0.191. The number of aliphatic hydroxyl groups is 1. The minimum atomic E-state index is 0.221. The molecule has 1 saturated heterocycles. The van der Waals surface area contributed by atoms with Crippen LogP contribution in [-0.4, -0.2) is 49.3 Å². The lowest BCUT2D eigenvalue weighted by atomic mass is 10.1. The van der Waals surface area contributed by atoms with E-state index < -0.39 is 0 Å². The van der Waals surface area contributed by atoms with Crippen molar-refractivity contribution in [1.82, 2.24) is 4.90 Å². The molecular weight excluding hydrogens is 200 g/mol. The summed E-state index contributed by atoms with van der Waals surface area (Å²) in [6.07, 6.45) is 0. The first-order chi connectivity index (χ1) is 7.70. The second-order valence-corrected chi connectivity index (χ2v) is 4.63. The van der Waals surface area contributed by atoms with Gasteiger partial charge in [-0.15, -0.1) is 0 Å². The van der Waals surface area contributed by atoms with Gasteiger partial charge in [0.2, 0.25) is 0 Å². The van der Waals surface area contributed by atoms with Gasteiger partial charge in [0.1, 0.15) is 0 Å². The number of likely N-dealkylation sites (N-methyl/N-ethyl adjacent to an activating group) is 1. The van der Waals surface area contributed by atoms with Crippen LogP contribution in [0.3, 0.4) is 0 Å². The molecule has 1 unspecified atom stereocenters. The summed E-state index contributed by atoms with van der Waals surface area (Å²) < 4.78 is 0. The first-order valence-corrected chi connectivity index (χ1v) is 5.83. The molecule has 1 aliphatic rings. The molecule has 1 aromatic carbocycles. The molecule has 0 aliphatic carbocycles. The van der Waals surface area contributed by atoms with Crippen LogP contribution in [0.1, 0.15) is 5.56 Å². The summed E-state index contributed by atoms with van der Waals surface area (Å²) in [6.45, 7) is 5.31. The summed E-state index contributed by atoms with van der Waals surface area (Å²) >= 11 is 0. The van der Waals surface area contributed by atoms with Crippen LogP contribution in [0.25, 0.3) is 0 Å². The summed E-state index contributed by atoms with van der Waals surface area (Å²) in [5.41, 5.74) is 2.50. The van der Waals surface area contributed by atoms with Crippen molar-refractivity contribution in [2.24, 2.45) is 0 Å². The Kier molecular flexibility index (Phi) is 3.46. The average molecular weight is 220 g/mol. The summed E-state index contributed by atoms with van der Waals surface area (Å²) in [4.78, 5) is 4.58. The Morgan fingerprint density at radius 3 is 2.88 bits per heavy atom. The first-order valence-electron chi connectivity index (χ1n) is 5.83. The Labute approximate surface area is 97.3 Å². The number of aryl methyl sites for hydroxylation is 1. The van der Waals surface area contributed by atoms with Crippen LogP contribution in [0.5, 0.6) is 0 Å². The van der Waals surface area contributed by atoms with Crippen LogP contribution in [-0.2, 0) is 0 Å². The quantitative estimate of drug-likeness (QED) is 0.809. The van der Waals surface area contributed by atoms with Crippen LogP contribution in [0.15, 0.2) is 24.3 Å². The number of anilines is 1. The second-order valence-electron chi connectivity index (χ2n) is 4.63. The Morgan fingerprint density at radius 2 is 2.19 bits per heavy atom. The smallest absolute Gasteiger partial charge is 0.0648 e. The molecule has 0 spiro atoms. The van der Waals surface area contributed by atoms with E-state index in [2.05, 4.69) is 48.0 Å². The van der Waals surface area contributed by atoms with E-state index in [0.717, 1.165) is 19.6 Å². The minimum absolute atomic E-state index is 0.221. The molecule has 0 bridgehead atoms. The molecule has 88 valence electrons. The molecule has 0 aromatic heterocycles. The maximum Gasteiger partial charge on any atom is 0.0648 e. The molecule has 1 aromatic rings. The summed E-state index contributed by atoms with van der Waals surface area (Å²) in [7, 11) is 2.11. The highest BCUT2D eigenvalue weighted by molar-refractivity contribution is 5.50. The van der Waals surface area contributed by atoms with E-state index >= 15 is 0 Å². The van der Waals surface area contributed by atoms with E-state index in [1.54, 1.807) is 0 Å². The lowest BCUT2D eigenvalue weighted by Crippen LogP contribution is -2.53. The van der Waals surface area contributed by atoms with Gasteiger partial charge < -0.3 is 14.9 Å². The largest absolute Gasteiger partial charge is 0.394 e. The van der Waals surface area contributed by atoms with E-state index in [4.69, 9.17) is 0 Å². The van der Waals surface area contributed by atoms with Crippen molar-refractivity contribution in [3.63, 3.8) is 0 Å². The number of piperazine rings is 1. The van der Waals surface area contributed by atoms with E-state index in [1.165, 1.54) is 11.3 Å². The van der Waals surface area contributed by atoms with Crippen molar-refractivity contribution in [3.8, 4) is 0 Å². The van der Waals surface area contributed by atoms with Crippen LogP contribution >= 0.6 is 0 Å². The normalized spacial score (nSPS) is 22.4. The SMILES string of the molecule is Cc1cccc(N2CCN(C)CC2CO)c1. The first kappa shape index (κ1) is 11.4. The van der Waals surface area contributed by atoms with Crippen LogP contribution in [0.2, 0.25) is 0 Å². The number of benzene rings is 1. The van der Waals surface area contributed by atoms with Gasteiger partial charge in [0.05, 0.1) is 12.6 Å². The van der Waals surface area contributed by atoms with E-state index in [1.807, 2.05) is 0 Å². The van der Waals surface area contributed by atoms with Crippen molar-refractivity contribution < 1.29 is 5.11 Å².